The fraction of sp³-hybridized carbons (Fsp3) is 0.361. The Labute approximate surface area is 833 Å². The van der Waals surface area contributed by atoms with Gasteiger partial charge in [-0.05, 0) is 230 Å². The molecular weight excluding hydrogens is 2070 g/mol. The number of nitrogens with zero attached hydrogens (tertiary/aromatic N) is 14. The molecule has 4 unspecified atom stereocenters. The van der Waals surface area contributed by atoms with Gasteiger partial charge >= 0.3 is 29.6 Å². The molecule has 4 aliphatic heterocycles. The van der Waals surface area contributed by atoms with Crippen molar-refractivity contribution in [2.24, 2.45) is 27.2 Å². The molecule has 14 N–H and O–H groups in total. The monoisotopic (exact) mass is 2180 g/mol. The van der Waals surface area contributed by atoms with E-state index in [2.05, 4.69) is 217 Å². The summed E-state index contributed by atoms with van der Waals surface area (Å²) < 4.78 is 21.0. The second kappa shape index (κ2) is 64.1. The van der Waals surface area contributed by atoms with Gasteiger partial charge < -0.3 is 59.2 Å². The second-order valence-electron chi connectivity index (χ2n) is 26.5. The van der Waals surface area contributed by atoms with Crippen LogP contribution in [0, 0.1) is 18.3 Å². The Balaban J connectivity index is 0.00000141. The first-order valence-corrected chi connectivity index (χ1v) is 45.2. The number of aromatic nitrogens is 10. The molecule has 0 spiro atoms. The molecule has 41 heteroatoms. The van der Waals surface area contributed by atoms with Crippen LogP contribution in [0.15, 0.2) is 216 Å². The van der Waals surface area contributed by atoms with Gasteiger partial charge in [0, 0.05) is 130 Å². The average molecular weight is 2180 g/mol. The maximum atomic E-state index is 8.64. The van der Waals surface area contributed by atoms with Crippen molar-refractivity contribution in [1.82, 2.24) is 70.6 Å². The van der Waals surface area contributed by atoms with Crippen molar-refractivity contribution in [2.75, 3.05) is 39.4 Å². The first-order chi connectivity index (χ1) is 57.4. The summed E-state index contributed by atoms with van der Waals surface area (Å²) >= 11 is 53.7. The minimum atomic E-state index is -0.589. The van der Waals surface area contributed by atoms with Crippen molar-refractivity contribution in [3.05, 3.63) is 261 Å². The van der Waals surface area contributed by atoms with Crippen LogP contribution in [0.2, 0.25) is 0 Å². The number of halogens is 7. The summed E-state index contributed by atoms with van der Waals surface area (Å²) in [6, 6.07) is 41.8. The molecule has 0 radical (unpaired) electrons. The van der Waals surface area contributed by atoms with Gasteiger partial charge in [0.1, 0.15) is 21.7 Å². The third-order valence-corrected chi connectivity index (χ3v) is 21.3. The summed E-state index contributed by atoms with van der Waals surface area (Å²) in [5, 5.41) is 56.3. The quantitative estimate of drug-likeness (QED) is 0.00846. The van der Waals surface area contributed by atoms with E-state index in [0.29, 0.717) is 4.32 Å². The number of aliphatic imine (C=N–C) groups is 2. The molecule has 0 saturated carbocycles. The summed E-state index contributed by atoms with van der Waals surface area (Å²) in [5.74, 6) is 0.979. The van der Waals surface area contributed by atoms with Crippen molar-refractivity contribution in [3.8, 4) is 6.07 Å². The van der Waals surface area contributed by atoms with E-state index in [9.17, 15) is 0 Å². The predicted molar refractivity (Wildman–Crippen MR) is 532 cm³/mol. The Morgan fingerprint density at radius 3 is 1.48 bits per heavy atom. The van der Waals surface area contributed by atoms with Crippen molar-refractivity contribution in [1.29, 1.82) is 5.26 Å². The van der Waals surface area contributed by atoms with E-state index in [-0.39, 0.29) is 70.9 Å². The molecule has 14 rings (SSSR count). The van der Waals surface area contributed by atoms with Crippen molar-refractivity contribution in [2.45, 2.75) is 157 Å². The Morgan fingerprint density at radius 2 is 1.10 bits per heavy atom. The van der Waals surface area contributed by atoms with Crippen LogP contribution in [0.25, 0.3) is 0 Å². The maximum Gasteiger partial charge on any atom is 1.00 e. The number of isothiocyanates is 1. The number of nitriles is 1. The number of rotatable bonds is 17. The van der Waals surface area contributed by atoms with Gasteiger partial charge in [0.25, 0.3) is 6.47 Å². The van der Waals surface area contributed by atoms with Crippen LogP contribution in [-0.4, -0.2) is 144 Å². The van der Waals surface area contributed by atoms with Gasteiger partial charge in [-0.2, -0.15) is 30.8 Å². The van der Waals surface area contributed by atoms with Gasteiger partial charge in [0.05, 0.1) is 68.1 Å². The van der Waals surface area contributed by atoms with Crippen LogP contribution >= 0.6 is 176 Å². The molecule has 4 atom stereocenters. The number of thioether (sulfide) groups is 1. The molecular formula is C83H108Br5Cl2N20NaO7S6. The number of hydrogen-bond acceptors (Lipinski definition) is 24. The largest absolute Gasteiger partial charge is 1.00 e. The van der Waals surface area contributed by atoms with Crippen LogP contribution in [0.1, 0.15) is 156 Å². The van der Waals surface area contributed by atoms with Crippen molar-refractivity contribution >= 4 is 211 Å². The number of thiocarbonyl (C=S) groups is 5. The first-order valence-electron chi connectivity index (χ1n) is 37.6. The zero-order valence-electron chi connectivity index (χ0n) is 69.9. The molecule has 3 saturated heterocycles. The molecule has 4 aliphatic rings. The smallest absolute Gasteiger partial charge is 0.662 e. The van der Waals surface area contributed by atoms with E-state index in [4.69, 9.17) is 120 Å². The molecule has 0 aliphatic carbocycles. The molecule has 10 aromatic rings. The molecule has 0 amide bonds. The third kappa shape index (κ3) is 40.1. The Morgan fingerprint density at radius 1 is 0.669 bits per heavy atom. The topological polar surface area (TPSA) is 398 Å². The van der Waals surface area contributed by atoms with E-state index in [1.165, 1.54) is 24.6 Å². The van der Waals surface area contributed by atoms with E-state index in [1.807, 2.05) is 178 Å². The molecule has 27 nitrogen and oxygen atoms in total. The van der Waals surface area contributed by atoms with Crippen LogP contribution in [0.3, 0.4) is 0 Å². The van der Waals surface area contributed by atoms with Gasteiger partial charge in [-0.3, -0.25) is 38.5 Å². The zero-order chi connectivity index (χ0) is 88.8. The molecule has 668 valence electrons. The minimum absolute atomic E-state index is 0. The summed E-state index contributed by atoms with van der Waals surface area (Å²) in [6.07, 6.45) is 23.8. The van der Waals surface area contributed by atoms with Gasteiger partial charge in [-0.25, -0.2) is 9.88 Å². The van der Waals surface area contributed by atoms with Gasteiger partial charge in [-0.1, -0.05) is 203 Å². The van der Waals surface area contributed by atoms with Gasteiger partial charge in [0.15, 0.2) is 14.4 Å². The van der Waals surface area contributed by atoms with Gasteiger partial charge in [0.2, 0.25) is 0 Å². The average Bonchev–Trinajstić information content (AvgIpc) is 1.57. The summed E-state index contributed by atoms with van der Waals surface area (Å²) in [7, 11) is 0. The van der Waals surface area contributed by atoms with Crippen molar-refractivity contribution < 1.29 is 64.9 Å². The number of amidine groups is 1. The number of nitrogens with two attached hydrogens (primary N) is 3. The SMILES string of the molecule is C.C1CCOC1.CC(C)(C)OO.CCn1cc(Br)cn1.CCn1cc(C(N)c2cccc(Br)c2)cn1.CCn1cc(C(N=C=S)c2cccc(Br)c2)cn1.CCn1cc(C2(c3cccc(Br)c3)NC(=S)N3CCCN=C32)cn1.CCn1cc(C2(c3cccc(Br)c3)NC(=S)SC2=S)cn1.Cc1cccc(C#N)c1.N.NCCCN.O.O=CO[O-].S=C(Cl)Cl.[Na+]. The molecule has 9 heterocycles. The molecule has 5 aromatic carbocycles. The Kier molecular flexibility index (Phi) is 61.2. The summed E-state index contributed by atoms with van der Waals surface area (Å²) in [4.78, 5) is 26.4. The number of aryl methyl sites for hydroxylation is 6. The van der Waals surface area contributed by atoms with Crippen molar-refractivity contribution in [3.63, 3.8) is 0 Å². The molecule has 5 aromatic heterocycles. The first kappa shape index (κ1) is 118. The van der Waals surface area contributed by atoms with Crippen LogP contribution in [0.5, 0.6) is 0 Å². The number of nitrogens with one attached hydrogen (secondary N) is 2. The fourth-order valence-electron chi connectivity index (χ4n) is 11.0. The molecule has 0 bridgehead atoms. The van der Waals surface area contributed by atoms with Crippen LogP contribution in [-0.2, 0) is 63.1 Å². The standard InChI is InChI=1S/C17H18BrN5S.C14H12BrN3S3.C13H12BrN3S.C12H14BrN3.C8H7N.C5H7BrN2.C4H10O2.C4H8O.C3H10N2.CCl2S.CH2O3.CH4.H3N.Na.H2O/c1-2-22-11-13(10-20-22)17(12-5-3-6-14(18)9-12)15-19-7-4-8-23(15)16(24)21-17;1-2-18-8-10(7-16-18)14(12(19)21-13(20)17-14)9-4-3-5-11(15)6-9;1-2-17-8-11(7-16-17)13(15-9-18)10-4-3-5-12(14)6-10;1-2-16-8-10(7-15-16)12(14)9-4-3-5-11(13)6-9;1-7-3-2-4-8(5-7)6-9;1-2-8-4-5(6)3-7-8;1-4(2,3)6-5;1-2-4-5-3-1;4-2-1-3-5;2-1(3)4;2-1-4-3;;;;/h3,5-6,9-11H,2,4,7-8H2,1H3,(H,21,24);3-8H,2H2,1H3,(H,17,20);3-8,13H,2H2,1H3;3-8,12H,2,14H2,1H3;2-5H,1H3;3-4H,2H2,1H3;5H,1-3H3;1-4H2;1-5H2;;1,3H;1H4;1H3;;1H2/q;;;;;;;;;;;;;+1;/p-1. The number of hydrogen-bond donors (Lipinski definition) is 7. The van der Waals surface area contributed by atoms with Crippen LogP contribution in [0.4, 0.5) is 0 Å². The molecule has 124 heavy (non-hydrogen) atoms. The Hall–Kier alpha value is -5.69. The predicted octanol–water partition coefficient (Wildman–Crippen LogP) is 15.4. The number of carbonyl (C=O) groups excluding carboxylic acids is 1. The normalized spacial score (nSPS) is 15.0. The number of benzene rings is 5. The Bertz CT molecular complexity index is 4940. The molecule has 3 fully saturated rings. The third-order valence-electron chi connectivity index (χ3n) is 16.8. The summed E-state index contributed by atoms with van der Waals surface area (Å²) in [5.41, 5.74) is 25.1. The number of fused-ring (bicyclic) bond motifs is 1. The fourth-order valence-corrected chi connectivity index (χ4v) is 15.3. The zero-order valence-corrected chi connectivity index (χ0v) is 86.3. The van der Waals surface area contributed by atoms with E-state index >= 15 is 0 Å². The van der Waals surface area contributed by atoms with Gasteiger partial charge in [-0.15, -0.1) is 0 Å². The van der Waals surface area contributed by atoms with E-state index in [0.717, 1.165) is 178 Å². The summed E-state index contributed by atoms with van der Waals surface area (Å²) in [6.45, 7) is 26.9. The maximum absolute atomic E-state index is 8.64. The van der Waals surface area contributed by atoms with E-state index in [1.54, 1.807) is 33.0 Å². The van der Waals surface area contributed by atoms with Crippen LogP contribution < -0.4 is 68.8 Å². The minimum Gasteiger partial charge on any atom is -0.662 e. The number of carbonyl (C=O) groups is 1. The number of ether oxygens (including phenoxy) is 1. The van der Waals surface area contributed by atoms with E-state index < -0.39 is 16.7 Å². The second-order valence-corrected chi connectivity index (χ2v) is 35.8.